The van der Waals surface area contributed by atoms with Crippen LogP contribution in [0.1, 0.15) is 13.3 Å². The number of hydrogen-bond donors (Lipinski definition) is 1. The van der Waals surface area contributed by atoms with Gasteiger partial charge in [-0.25, -0.2) is 0 Å². The molecule has 1 saturated heterocycles. The van der Waals surface area contributed by atoms with Gasteiger partial charge in [-0.15, -0.1) is 0 Å². The Morgan fingerprint density at radius 1 is 1.33 bits per heavy atom. The highest BCUT2D eigenvalue weighted by atomic mass is 15.2. The molecule has 1 aromatic heterocycles. The zero-order chi connectivity index (χ0) is 12.4. The van der Waals surface area contributed by atoms with Gasteiger partial charge in [0.2, 0.25) is 0 Å². The van der Waals surface area contributed by atoms with Crippen molar-refractivity contribution in [1.29, 1.82) is 0 Å². The Balaban J connectivity index is 1.92. The number of nitrogens with one attached hydrogen (secondary N) is 1. The molecule has 2 aromatic rings. The molecule has 1 aliphatic heterocycles. The van der Waals surface area contributed by atoms with Crippen LogP contribution >= 0.6 is 0 Å². The molecule has 1 fully saturated rings. The maximum Gasteiger partial charge on any atom is 0.0703 e. The van der Waals surface area contributed by atoms with Gasteiger partial charge in [0.25, 0.3) is 0 Å². The molecule has 1 aliphatic rings. The number of nitrogens with zero attached hydrogens (tertiary/aromatic N) is 2. The van der Waals surface area contributed by atoms with Gasteiger partial charge in [-0.3, -0.25) is 4.98 Å². The third-order valence-electron chi connectivity index (χ3n) is 3.54. The molecule has 3 rings (SSSR count). The van der Waals surface area contributed by atoms with Gasteiger partial charge in [0.05, 0.1) is 5.52 Å². The molecule has 3 nitrogen and oxygen atoms in total. The molecule has 0 bridgehead atoms. The van der Waals surface area contributed by atoms with Crippen molar-refractivity contribution in [3.8, 4) is 0 Å². The number of fused-ring (bicyclic) bond motifs is 1. The third kappa shape index (κ3) is 2.31. The Labute approximate surface area is 108 Å². The molecule has 1 atom stereocenters. The van der Waals surface area contributed by atoms with Crippen molar-refractivity contribution in [1.82, 2.24) is 10.3 Å². The van der Waals surface area contributed by atoms with E-state index in [2.05, 4.69) is 46.4 Å². The van der Waals surface area contributed by atoms with Crippen molar-refractivity contribution < 1.29 is 0 Å². The lowest BCUT2D eigenvalue weighted by Gasteiger charge is -2.25. The fourth-order valence-electron chi connectivity index (χ4n) is 2.60. The van der Waals surface area contributed by atoms with Crippen molar-refractivity contribution in [3.63, 3.8) is 0 Å². The molecular weight excluding hydrogens is 222 g/mol. The van der Waals surface area contributed by atoms with Crippen molar-refractivity contribution in [2.75, 3.05) is 24.5 Å². The second-order valence-corrected chi connectivity index (χ2v) is 5.04. The monoisotopic (exact) mass is 241 g/mol. The van der Waals surface area contributed by atoms with E-state index in [1.165, 1.54) is 17.5 Å². The topological polar surface area (TPSA) is 28.2 Å². The summed E-state index contributed by atoms with van der Waals surface area (Å²) in [4.78, 5) is 6.84. The normalized spacial score (nSPS) is 20.9. The first kappa shape index (κ1) is 11.5. The van der Waals surface area contributed by atoms with E-state index in [1.54, 1.807) is 0 Å². The van der Waals surface area contributed by atoms with Gasteiger partial charge in [-0.05, 0) is 44.2 Å². The number of pyridine rings is 1. The maximum atomic E-state index is 4.37. The van der Waals surface area contributed by atoms with Crippen LogP contribution in [0.5, 0.6) is 0 Å². The Bertz CT molecular complexity index is 538. The van der Waals surface area contributed by atoms with Crippen molar-refractivity contribution >= 4 is 16.6 Å². The second-order valence-electron chi connectivity index (χ2n) is 5.04. The number of benzene rings is 1. The Morgan fingerprint density at radius 3 is 3.22 bits per heavy atom. The summed E-state index contributed by atoms with van der Waals surface area (Å²) in [6.07, 6.45) is 3.05. The molecule has 0 saturated carbocycles. The fourth-order valence-corrected chi connectivity index (χ4v) is 2.60. The number of anilines is 1. The first-order valence-electron chi connectivity index (χ1n) is 6.66. The van der Waals surface area contributed by atoms with E-state index < -0.39 is 0 Å². The van der Waals surface area contributed by atoms with Gasteiger partial charge in [-0.1, -0.05) is 6.07 Å². The molecule has 0 amide bonds. The van der Waals surface area contributed by atoms with Gasteiger partial charge in [0, 0.05) is 36.4 Å². The lowest BCUT2D eigenvalue weighted by atomic mass is 10.1. The summed E-state index contributed by atoms with van der Waals surface area (Å²) in [5.41, 5.74) is 2.38. The number of rotatable bonds is 1. The molecule has 94 valence electrons. The van der Waals surface area contributed by atoms with Gasteiger partial charge in [0.1, 0.15) is 0 Å². The summed E-state index contributed by atoms with van der Waals surface area (Å²) in [5.74, 6) is 0. The van der Waals surface area contributed by atoms with Crippen LogP contribution in [0.25, 0.3) is 10.9 Å². The van der Waals surface area contributed by atoms with Crippen LogP contribution in [0, 0.1) is 0 Å². The molecule has 0 spiro atoms. The summed E-state index contributed by atoms with van der Waals surface area (Å²) in [6.45, 7) is 5.57. The summed E-state index contributed by atoms with van der Waals surface area (Å²) in [5, 5.41) is 4.75. The van der Waals surface area contributed by atoms with E-state index in [9.17, 15) is 0 Å². The van der Waals surface area contributed by atoms with Crippen molar-refractivity contribution in [3.05, 3.63) is 36.5 Å². The van der Waals surface area contributed by atoms with E-state index in [4.69, 9.17) is 0 Å². The lowest BCUT2D eigenvalue weighted by molar-refractivity contribution is 0.585. The molecule has 1 aromatic carbocycles. The Hall–Kier alpha value is -1.61. The van der Waals surface area contributed by atoms with Crippen LogP contribution in [0.4, 0.5) is 5.69 Å². The zero-order valence-electron chi connectivity index (χ0n) is 10.8. The van der Waals surface area contributed by atoms with E-state index in [0.29, 0.717) is 6.04 Å². The average Bonchev–Trinajstić information content (AvgIpc) is 2.63. The third-order valence-corrected chi connectivity index (χ3v) is 3.54. The number of aromatic nitrogens is 1. The molecule has 2 heterocycles. The van der Waals surface area contributed by atoms with Gasteiger partial charge in [0.15, 0.2) is 0 Å². The Kier molecular flexibility index (Phi) is 3.15. The highest BCUT2D eigenvalue weighted by molar-refractivity contribution is 5.82. The summed E-state index contributed by atoms with van der Waals surface area (Å²) in [7, 11) is 0. The molecule has 0 radical (unpaired) electrons. The first-order chi connectivity index (χ1) is 8.83. The van der Waals surface area contributed by atoms with Crippen molar-refractivity contribution in [2.24, 2.45) is 0 Å². The molecule has 0 aliphatic carbocycles. The SMILES string of the molecule is CC1CN(c2ccc3ncccc3c2)CCCN1. The zero-order valence-corrected chi connectivity index (χ0v) is 10.8. The van der Waals surface area contributed by atoms with Crippen LogP contribution in [-0.2, 0) is 0 Å². The van der Waals surface area contributed by atoms with Crippen molar-refractivity contribution in [2.45, 2.75) is 19.4 Å². The minimum Gasteiger partial charge on any atom is -0.370 e. The van der Waals surface area contributed by atoms with Crippen LogP contribution in [0.15, 0.2) is 36.5 Å². The van der Waals surface area contributed by atoms with E-state index in [0.717, 1.165) is 25.2 Å². The minimum atomic E-state index is 0.553. The summed E-state index contributed by atoms with van der Waals surface area (Å²) in [6, 6.07) is 11.2. The largest absolute Gasteiger partial charge is 0.370 e. The highest BCUT2D eigenvalue weighted by Gasteiger charge is 2.14. The molecule has 1 unspecified atom stereocenters. The quantitative estimate of drug-likeness (QED) is 0.831. The van der Waals surface area contributed by atoms with Crippen LogP contribution in [0.2, 0.25) is 0 Å². The number of hydrogen-bond acceptors (Lipinski definition) is 3. The van der Waals surface area contributed by atoms with Gasteiger partial charge in [-0.2, -0.15) is 0 Å². The van der Waals surface area contributed by atoms with Gasteiger partial charge < -0.3 is 10.2 Å². The minimum absolute atomic E-state index is 0.553. The first-order valence-corrected chi connectivity index (χ1v) is 6.66. The van der Waals surface area contributed by atoms with E-state index in [-0.39, 0.29) is 0 Å². The fraction of sp³-hybridized carbons (Fsp3) is 0.400. The van der Waals surface area contributed by atoms with E-state index >= 15 is 0 Å². The second kappa shape index (κ2) is 4.94. The van der Waals surface area contributed by atoms with Crippen LogP contribution in [-0.4, -0.2) is 30.7 Å². The van der Waals surface area contributed by atoms with Crippen LogP contribution in [0.3, 0.4) is 0 Å². The highest BCUT2D eigenvalue weighted by Crippen LogP contribution is 2.21. The smallest absolute Gasteiger partial charge is 0.0703 e. The Morgan fingerprint density at radius 2 is 2.28 bits per heavy atom. The van der Waals surface area contributed by atoms with E-state index in [1.807, 2.05) is 12.3 Å². The maximum absolute atomic E-state index is 4.37. The summed E-state index contributed by atoms with van der Waals surface area (Å²) >= 11 is 0. The predicted octanol–water partition coefficient (Wildman–Crippen LogP) is 2.42. The molecule has 1 N–H and O–H groups in total. The average molecular weight is 241 g/mol. The summed E-state index contributed by atoms with van der Waals surface area (Å²) < 4.78 is 0. The molecular formula is C15H19N3. The molecule has 18 heavy (non-hydrogen) atoms. The predicted molar refractivity (Wildman–Crippen MR) is 76.0 cm³/mol. The molecule has 3 heteroatoms. The van der Waals surface area contributed by atoms with Crippen LogP contribution < -0.4 is 10.2 Å². The standard InChI is InChI=1S/C15H19N3/c1-12-11-18(9-3-8-16-12)14-5-6-15-13(10-14)4-2-7-17-15/h2,4-7,10,12,16H,3,8-9,11H2,1H3. The lowest BCUT2D eigenvalue weighted by Crippen LogP contribution is -2.35. The van der Waals surface area contributed by atoms with Gasteiger partial charge >= 0.3 is 0 Å².